The Kier molecular flexibility index (Phi) is 8.81. The molecule has 106 valence electrons. The van der Waals surface area contributed by atoms with Gasteiger partial charge in [0.25, 0.3) is 6.43 Å². The molecule has 0 bridgehead atoms. The van der Waals surface area contributed by atoms with E-state index in [1.165, 1.54) is 0 Å². The second-order valence-electron chi connectivity index (χ2n) is 3.68. The Hall–Kier alpha value is -1.44. The van der Waals surface area contributed by atoms with E-state index < -0.39 is 31.0 Å². The van der Waals surface area contributed by atoms with E-state index in [2.05, 4.69) is 15.4 Å². The van der Waals surface area contributed by atoms with Crippen LogP contribution in [-0.2, 0) is 9.53 Å². The molecule has 2 amide bonds. The minimum atomic E-state index is -2.52. The molecule has 0 aliphatic carbocycles. The smallest absolute Gasteiger partial charge is 0.314 e. The van der Waals surface area contributed by atoms with Crippen LogP contribution in [0.15, 0.2) is 0 Å². The first-order valence-corrected chi connectivity index (χ1v) is 5.54. The Bertz CT molecular complexity index is 264. The average molecular weight is 268 g/mol. The lowest BCUT2D eigenvalue weighted by molar-refractivity contribution is -0.141. The van der Waals surface area contributed by atoms with Crippen LogP contribution in [0.5, 0.6) is 0 Å². The molecule has 0 aliphatic rings. The summed E-state index contributed by atoms with van der Waals surface area (Å²) in [5, 5.41) is 13.4. The van der Waals surface area contributed by atoms with Crippen LogP contribution in [0.1, 0.15) is 13.3 Å². The van der Waals surface area contributed by atoms with Crippen molar-refractivity contribution in [2.75, 3.05) is 26.3 Å². The van der Waals surface area contributed by atoms with Gasteiger partial charge in [0.15, 0.2) is 0 Å². The standard InChI is InChI=1S/C10H18F2N2O4/c1-7(9(15)16)2-3-13-10(17)14-4-5-18-6-8(11)12/h7-8H,2-6H2,1H3,(H,15,16)(H2,13,14,17). The fraction of sp³-hybridized carbons (Fsp3) is 0.800. The molecule has 1 atom stereocenters. The predicted molar refractivity (Wildman–Crippen MR) is 59.6 cm³/mol. The first-order valence-electron chi connectivity index (χ1n) is 5.54. The normalized spacial score (nSPS) is 12.2. The third-order valence-electron chi connectivity index (χ3n) is 2.06. The molecular formula is C10H18F2N2O4. The van der Waals surface area contributed by atoms with Crippen molar-refractivity contribution >= 4 is 12.0 Å². The summed E-state index contributed by atoms with van der Waals surface area (Å²) in [6, 6.07) is -0.478. The lowest BCUT2D eigenvalue weighted by atomic mass is 10.1. The van der Waals surface area contributed by atoms with Crippen molar-refractivity contribution in [1.29, 1.82) is 0 Å². The van der Waals surface area contributed by atoms with Crippen LogP contribution in [0.2, 0.25) is 0 Å². The maximum Gasteiger partial charge on any atom is 0.314 e. The number of hydrogen-bond donors (Lipinski definition) is 3. The third kappa shape index (κ3) is 9.76. The number of alkyl halides is 2. The Morgan fingerprint density at radius 1 is 1.28 bits per heavy atom. The predicted octanol–water partition coefficient (Wildman–Crippen LogP) is 0.678. The summed E-state index contributed by atoms with van der Waals surface area (Å²) in [7, 11) is 0. The quantitative estimate of drug-likeness (QED) is 0.536. The monoisotopic (exact) mass is 268 g/mol. The van der Waals surface area contributed by atoms with Gasteiger partial charge in [-0.1, -0.05) is 6.92 Å². The van der Waals surface area contributed by atoms with Crippen molar-refractivity contribution in [2.24, 2.45) is 5.92 Å². The van der Waals surface area contributed by atoms with Crippen LogP contribution in [0.4, 0.5) is 13.6 Å². The minimum Gasteiger partial charge on any atom is -0.481 e. The average Bonchev–Trinajstić information content (AvgIpc) is 2.27. The molecule has 6 nitrogen and oxygen atoms in total. The summed E-state index contributed by atoms with van der Waals surface area (Å²) >= 11 is 0. The fourth-order valence-electron chi connectivity index (χ4n) is 0.997. The number of aliphatic carboxylic acids is 1. The number of carboxylic acid groups (broad SMARTS) is 1. The number of amides is 2. The van der Waals surface area contributed by atoms with E-state index in [9.17, 15) is 18.4 Å². The number of urea groups is 1. The molecule has 1 unspecified atom stereocenters. The number of rotatable bonds is 9. The van der Waals surface area contributed by atoms with E-state index in [1.54, 1.807) is 6.92 Å². The summed E-state index contributed by atoms with van der Waals surface area (Å²) in [5.74, 6) is -1.45. The molecule has 0 saturated heterocycles. The van der Waals surface area contributed by atoms with Crippen molar-refractivity contribution in [3.05, 3.63) is 0 Å². The Morgan fingerprint density at radius 3 is 2.44 bits per heavy atom. The highest BCUT2D eigenvalue weighted by atomic mass is 19.3. The Balaban J connectivity index is 3.41. The van der Waals surface area contributed by atoms with Gasteiger partial charge in [0, 0.05) is 13.1 Å². The Labute approximate surface area is 104 Å². The lowest BCUT2D eigenvalue weighted by Crippen LogP contribution is -2.38. The minimum absolute atomic E-state index is 0.00326. The maximum absolute atomic E-state index is 11.7. The molecule has 8 heteroatoms. The fourth-order valence-corrected chi connectivity index (χ4v) is 0.997. The second kappa shape index (κ2) is 9.58. The van der Waals surface area contributed by atoms with Crippen LogP contribution >= 0.6 is 0 Å². The molecule has 0 aliphatic heterocycles. The van der Waals surface area contributed by atoms with Crippen LogP contribution in [0.3, 0.4) is 0 Å². The summed E-state index contributed by atoms with van der Waals surface area (Å²) in [4.78, 5) is 21.6. The third-order valence-corrected chi connectivity index (χ3v) is 2.06. The summed E-state index contributed by atoms with van der Waals surface area (Å²) < 4.78 is 27.9. The van der Waals surface area contributed by atoms with Crippen LogP contribution < -0.4 is 10.6 Å². The van der Waals surface area contributed by atoms with Gasteiger partial charge in [-0.05, 0) is 6.42 Å². The van der Waals surface area contributed by atoms with Gasteiger partial charge < -0.3 is 20.5 Å². The van der Waals surface area contributed by atoms with Gasteiger partial charge in [-0.3, -0.25) is 4.79 Å². The molecule has 0 aromatic rings. The number of ether oxygens (including phenoxy) is 1. The summed E-state index contributed by atoms with van der Waals surface area (Å²) in [6.45, 7) is 1.24. The molecule has 0 heterocycles. The first kappa shape index (κ1) is 16.6. The van der Waals surface area contributed by atoms with Gasteiger partial charge in [-0.25, -0.2) is 13.6 Å². The summed E-state index contributed by atoms with van der Waals surface area (Å²) in [6.07, 6.45) is -2.19. The highest BCUT2D eigenvalue weighted by Gasteiger charge is 2.10. The van der Waals surface area contributed by atoms with Crippen LogP contribution in [-0.4, -0.2) is 49.8 Å². The van der Waals surface area contributed by atoms with Gasteiger partial charge in [0.1, 0.15) is 6.61 Å². The number of carbonyl (C=O) groups is 2. The highest BCUT2D eigenvalue weighted by Crippen LogP contribution is 1.99. The summed E-state index contributed by atoms with van der Waals surface area (Å²) in [5.41, 5.74) is 0. The van der Waals surface area contributed by atoms with Gasteiger partial charge in [0.05, 0.1) is 12.5 Å². The molecule has 0 rings (SSSR count). The van der Waals surface area contributed by atoms with E-state index >= 15 is 0 Å². The number of carboxylic acids is 1. The number of hydrogen-bond acceptors (Lipinski definition) is 3. The van der Waals surface area contributed by atoms with Crippen molar-refractivity contribution < 1.29 is 28.2 Å². The van der Waals surface area contributed by atoms with Gasteiger partial charge >= 0.3 is 12.0 Å². The van der Waals surface area contributed by atoms with Gasteiger partial charge in [0.2, 0.25) is 0 Å². The molecule has 0 radical (unpaired) electrons. The number of carbonyl (C=O) groups excluding carboxylic acids is 1. The van der Waals surface area contributed by atoms with Crippen LogP contribution in [0, 0.1) is 5.92 Å². The van der Waals surface area contributed by atoms with E-state index in [-0.39, 0.29) is 19.7 Å². The largest absolute Gasteiger partial charge is 0.481 e. The highest BCUT2D eigenvalue weighted by molar-refractivity contribution is 5.74. The van der Waals surface area contributed by atoms with E-state index in [1.807, 2.05) is 0 Å². The number of halogens is 2. The molecule has 18 heavy (non-hydrogen) atoms. The topological polar surface area (TPSA) is 87.7 Å². The van der Waals surface area contributed by atoms with Crippen molar-refractivity contribution in [3.63, 3.8) is 0 Å². The lowest BCUT2D eigenvalue weighted by Gasteiger charge is -2.09. The molecule has 0 fully saturated rings. The molecule has 0 saturated carbocycles. The van der Waals surface area contributed by atoms with Crippen molar-refractivity contribution in [2.45, 2.75) is 19.8 Å². The zero-order valence-corrected chi connectivity index (χ0v) is 10.1. The second-order valence-corrected chi connectivity index (χ2v) is 3.68. The molecule has 0 aromatic heterocycles. The zero-order chi connectivity index (χ0) is 14.0. The first-order chi connectivity index (χ1) is 8.43. The zero-order valence-electron chi connectivity index (χ0n) is 10.1. The van der Waals surface area contributed by atoms with E-state index in [0.717, 1.165) is 0 Å². The van der Waals surface area contributed by atoms with Gasteiger partial charge in [-0.2, -0.15) is 0 Å². The van der Waals surface area contributed by atoms with Crippen molar-refractivity contribution in [3.8, 4) is 0 Å². The van der Waals surface area contributed by atoms with E-state index in [4.69, 9.17) is 5.11 Å². The molecule has 0 aromatic carbocycles. The molecule has 3 N–H and O–H groups in total. The molecule has 0 spiro atoms. The maximum atomic E-state index is 11.7. The van der Waals surface area contributed by atoms with Crippen molar-refractivity contribution in [1.82, 2.24) is 10.6 Å². The Morgan fingerprint density at radius 2 is 1.89 bits per heavy atom. The molecular weight excluding hydrogens is 250 g/mol. The van der Waals surface area contributed by atoms with Gasteiger partial charge in [-0.15, -0.1) is 0 Å². The number of nitrogens with one attached hydrogen (secondary N) is 2. The van der Waals surface area contributed by atoms with E-state index in [0.29, 0.717) is 6.42 Å². The SMILES string of the molecule is CC(CCNC(=O)NCCOCC(F)F)C(=O)O. The van der Waals surface area contributed by atoms with Crippen LogP contribution in [0.25, 0.3) is 0 Å².